The first-order valence-electron chi connectivity index (χ1n) is 8.21. The molecule has 0 spiro atoms. The highest BCUT2D eigenvalue weighted by molar-refractivity contribution is 7.89. The lowest BCUT2D eigenvalue weighted by Gasteiger charge is -2.35. The summed E-state index contributed by atoms with van der Waals surface area (Å²) < 4.78 is 60.7. The van der Waals surface area contributed by atoms with E-state index in [1.807, 2.05) is 0 Å². The normalized spacial score (nSPS) is 18.3. The predicted octanol–water partition coefficient (Wildman–Crippen LogP) is 2.69. The van der Waals surface area contributed by atoms with Crippen LogP contribution in [0.25, 0.3) is 0 Å². The van der Waals surface area contributed by atoms with Crippen molar-refractivity contribution in [3.8, 4) is 0 Å². The van der Waals surface area contributed by atoms with E-state index in [0.29, 0.717) is 5.56 Å². The average molecular weight is 396 g/mol. The lowest BCUT2D eigenvalue weighted by molar-refractivity contribution is -0.114. The first-order valence-corrected chi connectivity index (χ1v) is 9.65. The minimum atomic E-state index is -4.20. The standard InChI is InChI=1S/C18H18F2N2O4S/c1-12(23)21-15-5-6-18(16(20)10-15)27(24,25)22-7-8-26-11-17(22)13-3-2-4-14(19)9-13/h2-6,9-10,17H,7-8,11H2,1H3,(H,21,23). The Balaban J connectivity index is 1.98. The zero-order chi connectivity index (χ0) is 19.6. The summed E-state index contributed by atoms with van der Waals surface area (Å²) in [5, 5.41) is 2.40. The SMILES string of the molecule is CC(=O)Nc1ccc(S(=O)(=O)N2CCOCC2c2cccc(F)c2)c(F)c1. The summed E-state index contributed by atoms with van der Waals surface area (Å²) in [6.45, 7) is 1.46. The van der Waals surface area contributed by atoms with Crippen LogP contribution in [0.5, 0.6) is 0 Å². The highest BCUT2D eigenvalue weighted by atomic mass is 32.2. The summed E-state index contributed by atoms with van der Waals surface area (Å²) in [4.78, 5) is 10.6. The summed E-state index contributed by atoms with van der Waals surface area (Å²) in [6, 6.07) is 8.17. The summed E-state index contributed by atoms with van der Waals surface area (Å²) in [7, 11) is -4.20. The minimum absolute atomic E-state index is 0.0103. The zero-order valence-electron chi connectivity index (χ0n) is 14.5. The van der Waals surface area contributed by atoms with Gasteiger partial charge in [0.1, 0.15) is 16.5 Å². The molecule has 1 fully saturated rings. The Hall–Kier alpha value is -2.36. The van der Waals surface area contributed by atoms with Gasteiger partial charge in [0.05, 0.1) is 19.3 Å². The van der Waals surface area contributed by atoms with Crippen molar-refractivity contribution in [3.63, 3.8) is 0 Å². The van der Waals surface area contributed by atoms with Gasteiger partial charge in [0.15, 0.2) is 0 Å². The molecule has 1 amide bonds. The van der Waals surface area contributed by atoms with Gasteiger partial charge in [-0.3, -0.25) is 4.79 Å². The third-order valence-electron chi connectivity index (χ3n) is 4.15. The molecule has 0 aromatic heterocycles. The molecular weight excluding hydrogens is 378 g/mol. The number of benzene rings is 2. The van der Waals surface area contributed by atoms with Crippen LogP contribution in [0.3, 0.4) is 0 Å². The van der Waals surface area contributed by atoms with E-state index in [-0.39, 0.29) is 25.4 Å². The number of hydrogen-bond acceptors (Lipinski definition) is 4. The number of nitrogens with one attached hydrogen (secondary N) is 1. The van der Waals surface area contributed by atoms with E-state index >= 15 is 0 Å². The number of morpholine rings is 1. The number of sulfonamides is 1. The first-order chi connectivity index (χ1) is 12.8. The molecule has 0 saturated carbocycles. The molecule has 0 radical (unpaired) electrons. The molecule has 2 aromatic carbocycles. The maximum Gasteiger partial charge on any atom is 0.246 e. The number of rotatable bonds is 4. The fourth-order valence-corrected chi connectivity index (χ4v) is 4.60. The van der Waals surface area contributed by atoms with Crippen LogP contribution in [-0.2, 0) is 19.6 Å². The fraction of sp³-hybridized carbons (Fsp3) is 0.278. The Bertz CT molecular complexity index is 966. The second-order valence-electron chi connectivity index (χ2n) is 6.09. The van der Waals surface area contributed by atoms with Crippen molar-refractivity contribution in [1.29, 1.82) is 0 Å². The van der Waals surface area contributed by atoms with E-state index in [1.165, 1.54) is 31.2 Å². The fourth-order valence-electron chi connectivity index (χ4n) is 2.97. The molecule has 6 nitrogen and oxygen atoms in total. The van der Waals surface area contributed by atoms with Gasteiger partial charge in [-0.15, -0.1) is 0 Å². The number of amides is 1. The van der Waals surface area contributed by atoms with Crippen molar-refractivity contribution in [1.82, 2.24) is 4.31 Å². The Kier molecular flexibility index (Phi) is 5.54. The third kappa shape index (κ3) is 4.15. The second kappa shape index (κ2) is 7.71. The highest BCUT2D eigenvalue weighted by Gasteiger charge is 2.36. The molecule has 3 rings (SSSR count). The second-order valence-corrected chi connectivity index (χ2v) is 7.95. The molecule has 1 aliphatic heterocycles. The van der Waals surface area contributed by atoms with Crippen LogP contribution in [-0.4, -0.2) is 38.4 Å². The van der Waals surface area contributed by atoms with Crippen molar-refractivity contribution in [2.75, 3.05) is 25.1 Å². The van der Waals surface area contributed by atoms with Gasteiger partial charge in [-0.2, -0.15) is 4.31 Å². The molecule has 1 saturated heterocycles. The van der Waals surface area contributed by atoms with Crippen molar-refractivity contribution in [2.24, 2.45) is 0 Å². The number of carbonyl (C=O) groups excluding carboxylic acids is 1. The molecule has 1 N–H and O–H groups in total. The van der Waals surface area contributed by atoms with E-state index in [2.05, 4.69) is 5.32 Å². The summed E-state index contributed by atoms with van der Waals surface area (Å²) >= 11 is 0. The van der Waals surface area contributed by atoms with Gasteiger partial charge in [0.25, 0.3) is 0 Å². The van der Waals surface area contributed by atoms with Crippen molar-refractivity contribution in [2.45, 2.75) is 17.9 Å². The lowest BCUT2D eigenvalue weighted by Crippen LogP contribution is -2.43. The molecule has 1 heterocycles. The van der Waals surface area contributed by atoms with Crippen LogP contribution >= 0.6 is 0 Å². The number of halogens is 2. The summed E-state index contributed by atoms with van der Waals surface area (Å²) in [6.07, 6.45) is 0. The van der Waals surface area contributed by atoms with E-state index < -0.39 is 38.5 Å². The van der Waals surface area contributed by atoms with Crippen molar-refractivity contribution >= 4 is 21.6 Å². The van der Waals surface area contributed by atoms with Gasteiger partial charge in [-0.1, -0.05) is 12.1 Å². The Morgan fingerprint density at radius 3 is 2.67 bits per heavy atom. The molecule has 27 heavy (non-hydrogen) atoms. The van der Waals surface area contributed by atoms with Crippen LogP contribution in [0.1, 0.15) is 18.5 Å². The van der Waals surface area contributed by atoms with Crippen molar-refractivity contribution < 1.29 is 26.7 Å². The van der Waals surface area contributed by atoms with Crippen LogP contribution in [0.15, 0.2) is 47.4 Å². The van der Waals surface area contributed by atoms with E-state index in [9.17, 15) is 22.0 Å². The molecule has 1 aliphatic rings. The quantitative estimate of drug-likeness (QED) is 0.862. The van der Waals surface area contributed by atoms with Crippen LogP contribution in [0, 0.1) is 11.6 Å². The maximum atomic E-state index is 14.5. The molecule has 1 unspecified atom stereocenters. The number of nitrogens with zero attached hydrogens (tertiary/aromatic N) is 1. The van der Waals surface area contributed by atoms with E-state index in [1.54, 1.807) is 6.07 Å². The minimum Gasteiger partial charge on any atom is -0.378 e. The third-order valence-corrected chi connectivity index (χ3v) is 6.09. The monoisotopic (exact) mass is 396 g/mol. The van der Waals surface area contributed by atoms with Gasteiger partial charge in [0.2, 0.25) is 15.9 Å². The highest BCUT2D eigenvalue weighted by Crippen LogP contribution is 2.32. The van der Waals surface area contributed by atoms with E-state index in [4.69, 9.17) is 4.74 Å². The lowest BCUT2D eigenvalue weighted by atomic mass is 10.1. The van der Waals surface area contributed by atoms with Gasteiger partial charge in [-0.05, 0) is 35.9 Å². The molecule has 0 aliphatic carbocycles. The smallest absolute Gasteiger partial charge is 0.246 e. The van der Waals surface area contributed by atoms with Crippen LogP contribution in [0.4, 0.5) is 14.5 Å². The van der Waals surface area contributed by atoms with E-state index in [0.717, 1.165) is 16.4 Å². The maximum absolute atomic E-state index is 14.5. The number of anilines is 1. The topological polar surface area (TPSA) is 75.7 Å². The van der Waals surface area contributed by atoms with Crippen LogP contribution in [0.2, 0.25) is 0 Å². The van der Waals surface area contributed by atoms with Crippen LogP contribution < -0.4 is 5.32 Å². The Labute approximate surface area is 155 Å². The van der Waals surface area contributed by atoms with Gasteiger partial charge in [0, 0.05) is 19.2 Å². The Morgan fingerprint density at radius 2 is 2.00 bits per heavy atom. The van der Waals surface area contributed by atoms with Crippen molar-refractivity contribution in [3.05, 3.63) is 59.7 Å². The van der Waals surface area contributed by atoms with Gasteiger partial charge in [-0.25, -0.2) is 17.2 Å². The molecule has 9 heteroatoms. The molecule has 2 aromatic rings. The zero-order valence-corrected chi connectivity index (χ0v) is 15.3. The largest absolute Gasteiger partial charge is 0.378 e. The molecule has 1 atom stereocenters. The average Bonchev–Trinajstić information content (AvgIpc) is 2.61. The molecule has 144 valence electrons. The summed E-state index contributed by atoms with van der Waals surface area (Å²) in [5.74, 6) is -1.88. The number of carbonyl (C=O) groups is 1. The first kappa shape index (κ1) is 19.4. The Morgan fingerprint density at radius 1 is 1.22 bits per heavy atom. The molecular formula is C18H18F2N2O4S. The van der Waals surface area contributed by atoms with Gasteiger partial charge < -0.3 is 10.1 Å². The summed E-state index contributed by atoms with van der Waals surface area (Å²) in [5.41, 5.74) is 0.580. The number of ether oxygens (including phenoxy) is 1. The predicted molar refractivity (Wildman–Crippen MR) is 94.6 cm³/mol. The molecule has 0 bridgehead atoms. The van der Waals surface area contributed by atoms with Gasteiger partial charge >= 0.3 is 0 Å². The number of hydrogen-bond donors (Lipinski definition) is 1.